The number of carboxylic acids is 1. The highest BCUT2D eigenvalue weighted by Gasteiger charge is 2.32. The van der Waals surface area contributed by atoms with Crippen LogP contribution in [-0.4, -0.2) is 15.9 Å². The zero-order valence-electron chi connectivity index (χ0n) is 8.21. The summed E-state index contributed by atoms with van der Waals surface area (Å²) >= 11 is 5.95. The number of rotatable bonds is 3. The molecule has 0 radical (unpaired) electrons. The normalized spacial score (nSPS) is 15.4. The van der Waals surface area contributed by atoms with E-state index in [2.05, 4.69) is 31.9 Å². The van der Waals surface area contributed by atoms with Crippen molar-refractivity contribution in [3.05, 3.63) is 35.4 Å². The van der Waals surface area contributed by atoms with Crippen LogP contribution in [0.1, 0.15) is 16.0 Å². The molecule has 0 bridgehead atoms. The first-order valence-corrected chi connectivity index (χ1v) is 6.24. The van der Waals surface area contributed by atoms with Gasteiger partial charge in [-0.25, -0.2) is 0 Å². The lowest BCUT2D eigenvalue weighted by atomic mass is 10.1. The fourth-order valence-corrected chi connectivity index (χ4v) is 2.00. The number of halogens is 5. The van der Waals surface area contributed by atoms with E-state index in [1.54, 1.807) is 0 Å². The predicted octanol–water partition coefficient (Wildman–Crippen LogP) is 3.99. The maximum Gasteiger partial charge on any atom is 0.416 e. The van der Waals surface area contributed by atoms with Gasteiger partial charge < -0.3 is 5.11 Å². The quantitative estimate of drug-likeness (QED) is 0.811. The van der Waals surface area contributed by atoms with Crippen LogP contribution in [0.4, 0.5) is 13.2 Å². The lowest BCUT2D eigenvalue weighted by Gasteiger charge is -2.15. The molecule has 0 aliphatic heterocycles. The standard InChI is InChI=1S/C10H7Br2F3O2/c11-7(8(12)9(16)17)5-2-1-3-6(4-5)10(13,14)15/h1-4,7-8H,(H,16,17). The van der Waals surface area contributed by atoms with Crippen molar-refractivity contribution in [2.75, 3.05) is 0 Å². The molecule has 1 N–H and O–H groups in total. The number of hydrogen-bond acceptors (Lipinski definition) is 1. The summed E-state index contributed by atoms with van der Waals surface area (Å²) < 4.78 is 37.3. The van der Waals surface area contributed by atoms with Crippen molar-refractivity contribution in [2.45, 2.75) is 15.8 Å². The number of hydrogen-bond donors (Lipinski definition) is 1. The highest BCUT2D eigenvalue weighted by atomic mass is 79.9. The Kier molecular flexibility index (Phi) is 4.60. The van der Waals surface area contributed by atoms with E-state index in [4.69, 9.17) is 5.11 Å². The van der Waals surface area contributed by atoms with E-state index in [1.807, 2.05) is 0 Å². The summed E-state index contributed by atoms with van der Waals surface area (Å²) in [5, 5.41) is 8.74. The minimum Gasteiger partial charge on any atom is -0.480 e. The molecule has 17 heavy (non-hydrogen) atoms. The van der Waals surface area contributed by atoms with Gasteiger partial charge in [0.25, 0.3) is 0 Å². The topological polar surface area (TPSA) is 37.3 Å². The number of alkyl halides is 5. The third kappa shape index (κ3) is 3.70. The summed E-state index contributed by atoms with van der Waals surface area (Å²) in [6.45, 7) is 0. The van der Waals surface area contributed by atoms with Gasteiger partial charge in [0.15, 0.2) is 0 Å². The smallest absolute Gasteiger partial charge is 0.416 e. The Morgan fingerprint density at radius 3 is 2.35 bits per heavy atom. The Hall–Kier alpha value is -0.560. The molecule has 94 valence electrons. The van der Waals surface area contributed by atoms with Crippen molar-refractivity contribution in [3.63, 3.8) is 0 Å². The van der Waals surface area contributed by atoms with Crippen LogP contribution in [-0.2, 0) is 11.0 Å². The summed E-state index contributed by atoms with van der Waals surface area (Å²) in [6, 6.07) is 4.55. The van der Waals surface area contributed by atoms with Gasteiger partial charge in [-0.3, -0.25) is 4.79 Å². The molecule has 0 spiro atoms. The van der Waals surface area contributed by atoms with Gasteiger partial charge in [-0.1, -0.05) is 50.1 Å². The molecular weight excluding hydrogens is 369 g/mol. The number of carboxylic acid groups (broad SMARTS) is 1. The van der Waals surface area contributed by atoms with Crippen LogP contribution in [0.5, 0.6) is 0 Å². The molecule has 0 amide bonds. The molecule has 0 aliphatic rings. The first kappa shape index (κ1) is 14.5. The van der Waals surface area contributed by atoms with E-state index in [-0.39, 0.29) is 5.56 Å². The second-order valence-electron chi connectivity index (χ2n) is 3.26. The molecule has 0 saturated carbocycles. The molecule has 2 atom stereocenters. The lowest BCUT2D eigenvalue weighted by molar-refractivity contribution is -0.137. The van der Waals surface area contributed by atoms with Gasteiger partial charge in [0.1, 0.15) is 4.83 Å². The molecule has 0 fully saturated rings. The first-order chi connectivity index (χ1) is 7.73. The monoisotopic (exact) mass is 374 g/mol. The minimum absolute atomic E-state index is 0.254. The zero-order valence-corrected chi connectivity index (χ0v) is 11.4. The Balaban J connectivity index is 3.04. The molecule has 1 rings (SSSR count). The highest BCUT2D eigenvalue weighted by Crippen LogP contribution is 2.35. The summed E-state index contributed by atoms with van der Waals surface area (Å²) in [5.41, 5.74) is -0.548. The highest BCUT2D eigenvalue weighted by molar-refractivity contribution is 9.12. The average molecular weight is 376 g/mol. The van der Waals surface area contributed by atoms with Crippen molar-refractivity contribution < 1.29 is 23.1 Å². The summed E-state index contributed by atoms with van der Waals surface area (Å²) in [6.07, 6.45) is -4.44. The fraction of sp³-hybridized carbons (Fsp3) is 0.300. The number of carbonyl (C=O) groups is 1. The van der Waals surface area contributed by atoms with Crippen LogP contribution in [0.15, 0.2) is 24.3 Å². The Morgan fingerprint density at radius 2 is 1.88 bits per heavy atom. The molecule has 0 heterocycles. The van der Waals surface area contributed by atoms with Gasteiger partial charge in [0.2, 0.25) is 0 Å². The first-order valence-electron chi connectivity index (χ1n) is 4.41. The van der Waals surface area contributed by atoms with Gasteiger partial charge in [-0.05, 0) is 11.6 Å². The molecule has 0 aromatic heterocycles. The zero-order chi connectivity index (χ0) is 13.2. The van der Waals surface area contributed by atoms with E-state index in [0.717, 1.165) is 12.1 Å². The van der Waals surface area contributed by atoms with E-state index in [0.29, 0.717) is 0 Å². The molecular formula is C10H7Br2F3O2. The SMILES string of the molecule is O=C(O)C(Br)C(Br)c1cccc(C(F)(F)F)c1. The van der Waals surface area contributed by atoms with Gasteiger partial charge in [0, 0.05) is 0 Å². The Bertz CT molecular complexity index is 420. The van der Waals surface area contributed by atoms with Gasteiger partial charge in [0.05, 0.1) is 10.4 Å². The predicted molar refractivity (Wildman–Crippen MR) is 63.5 cm³/mol. The molecule has 0 saturated heterocycles. The maximum atomic E-state index is 12.4. The molecule has 2 nitrogen and oxygen atoms in total. The van der Waals surface area contributed by atoms with Crippen LogP contribution in [0.25, 0.3) is 0 Å². The third-order valence-corrected chi connectivity index (χ3v) is 4.71. The van der Waals surface area contributed by atoms with Crippen LogP contribution >= 0.6 is 31.9 Å². The fourth-order valence-electron chi connectivity index (χ4n) is 1.18. The number of benzene rings is 1. The van der Waals surface area contributed by atoms with E-state index < -0.39 is 27.4 Å². The van der Waals surface area contributed by atoms with E-state index in [1.165, 1.54) is 12.1 Å². The third-order valence-electron chi connectivity index (χ3n) is 2.03. The molecule has 0 aliphatic carbocycles. The van der Waals surface area contributed by atoms with E-state index in [9.17, 15) is 18.0 Å². The van der Waals surface area contributed by atoms with Crippen LogP contribution < -0.4 is 0 Å². The van der Waals surface area contributed by atoms with Crippen molar-refractivity contribution in [1.82, 2.24) is 0 Å². The van der Waals surface area contributed by atoms with Crippen molar-refractivity contribution >= 4 is 37.8 Å². The van der Waals surface area contributed by atoms with Gasteiger partial charge in [-0.2, -0.15) is 13.2 Å². The molecule has 2 unspecified atom stereocenters. The summed E-state index contributed by atoms with van der Waals surface area (Å²) in [4.78, 5) is 8.97. The maximum absolute atomic E-state index is 12.4. The second kappa shape index (κ2) is 5.39. The lowest BCUT2D eigenvalue weighted by Crippen LogP contribution is -2.18. The minimum atomic E-state index is -4.44. The van der Waals surface area contributed by atoms with Crippen LogP contribution in [0.3, 0.4) is 0 Å². The largest absolute Gasteiger partial charge is 0.480 e. The second-order valence-corrected chi connectivity index (χ2v) is 5.24. The van der Waals surface area contributed by atoms with Crippen molar-refractivity contribution in [1.29, 1.82) is 0 Å². The van der Waals surface area contributed by atoms with Crippen molar-refractivity contribution in [2.24, 2.45) is 0 Å². The average Bonchev–Trinajstić information content (AvgIpc) is 2.26. The summed E-state index contributed by atoms with van der Waals surface area (Å²) in [5.74, 6) is -1.15. The Morgan fingerprint density at radius 1 is 1.29 bits per heavy atom. The molecule has 1 aromatic carbocycles. The van der Waals surface area contributed by atoms with Crippen molar-refractivity contribution in [3.8, 4) is 0 Å². The van der Waals surface area contributed by atoms with Crippen LogP contribution in [0, 0.1) is 0 Å². The van der Waals surface area contributed by atoms with Gasteiger partial charge in [-0.15, -0.1) is 0 Å². The molecule has 7 heteroatoms. The summed E-state index contributed by atoms with van der Waals surface area (Å²) in [7, 11) is 0. The molecule has 1 aromatic rings. The van der Waals surface area contributed by atoms with Gasteiger partial charge >= 0.3 is 12.1 Å². The van der Waals surface area contributed by atoms with E-state index >= 15 is 0 Å². The number of aliphatic carboxylic acids is 1. The Labute approximate surface area is 112 Å². The van der Waals surface area contributed by atoms with Crippen LogP contribution in [0.2, 0.25) is 0 Å².